The third-order valence-corrected chi connectivity index (χ3v) is 3.98. The molecule has 5 nitrogen and oxygen atoms in total. The molecule has 0 radical (unpaired) electrons. The molecule has 0 aliphatic carbocycles. The van der Waals surface area contributed by atoms with E-state index >= 15 is 0 Å². The highest BCUT2D eigenvalue weighted by molar-refractivity contribution is 6.27. The number of nitrogens with one attached hydrogen (secondary N) is 1. The van der Waals surface area contributed by atoms with Gasteiger partial charge in [0, 0.05) is 11.3 Å². The number of para-hydroxylation sites is 1. The van der Waals surface area contributed by atoms with Gasteiger partial charge in [-0.25, -0.2) is 0 Å². The average molecular weight is 334 g/mol. The predicted octanol–water partition coefficient (Wildman–Crippen LogP) is 3.73. The summed E-state index contributed by atoms with van der Waals surface area (Å²) in [5, 5.41) is 12.3. The van der Waals surface area contributed by atoms with Crippen molar-refractivity contribution < 1.29 is 14.3 Å². The monoisotopic (exact) mass is 334 g/mol. The van der Waals surface area contributed by atoms with E-state index in [1.54, 1.807) is 32.0 Å². The molecule has 0 saturated carbocycles. The lowest BCUT2D eigenvalue weighted by molar-refractivity contribution is -0.126. The largest absolute Gasteiger partial charge is 0.482 e. The number of carbonyl (C=O) groups is 1. The highest BCUT2D eigenvalue weighted by Gasteiger charge is 2.41. The Hall–Kier alpha value is -3.26. The third-order valence-electron chi connectivity index (χ3n) is 3.98. The van der Waals surface area contributed by atoms with Gasteiger partial charge in [0.25, 0.3) is 0 Å². The van der Waals surface area contributed by atoms with Gasteiger partial charge in [-0.2, -0.15) is 5.26 Å². The van der Waals surface area contributed by atoms with Crippen LogP contribution < -0.4 is 10.1 Å². The molecule has 0 spiro atoms. The van der Waals surface area contributed by atoms with Gasteiger partial charge in [-0.05, 0) is 44.2 Å². The van der Waals surface area contributed by atoms with Crippen molar-refractivity contribution in [3.05, 3.63) is 65.5 Å². The Labute approximate surface area is 146 Å². The zero-order chi connectivity index (χ0) is 18.0. The van der Waals surface area contributed by atoms with Crippen molar-refractivity contribution in [2.75, 3.05) is 12.4 Å². The molecule has 1 aliphatic heterocycles. The Morgan fingerprint density at radius 2 is 1.92 bits per heavy atom. The van der Waals surface area contributed by atoms with Crippen LogP contribution in [-0.4, -0.2) is 18.5 Å². The van der Waals surface area contributed by atoms with Gasteiger partial charge >= 0.3 is 0 Å². The Morgan fingerprint density at radius 1 is 1.20 bits per heavy atom. The summed E-state index contributed by atoms with van der Waals surface area (Å²) < 4.78 is 11.3. The van der Waals surface area contributed by atoms with E-state index in [9.17, 15) is 10.1 Å². The molecule has 1 N–H and O–H groups in total. The molecule has 3 rings (SSSR count). The first-order valence-corrected chi connectivity index (χ1v) is 7.85. The molecule has 5 heteroatoms. The zero-order valence-electron chi connectivity index (χ0n) is 14.3. The minimum absolute atomic E-state index is 0.213. The van der Waals surface area contributed by atoms with E-state index in [1.165, 1.54) is 7.11 Å². The second-order valence-electron chi connectivity index (χ2n) is 6.16. The Bertz CT molecular complexity index is 893. The summed E-state index contributed by atoms with van der Waals surface area (Å²) in [5.41, 5.74) is 1.13. The van der Waals surface area contributed by atoms with Crippen LogP contribution in [0.25, 0.3) is 5.57 Å². The van der Waals surface area contributed by atoms with E-state index in [0.29, 0.717) is 28.3 Å². The molecule has 0 fully saturated rings. The second kappa shape index (κ2) is 6.33. The molecule has 1 aliphatic rings. The third kappa shape index (κ3) is 3.07. The molecule has 0 amide bonds. The minimum Gasteiger partial charge on any atom is -0.482 e. The van der Waals surface area contributed by atoms with Gasteiger partial charge in [-0.3, -0.25) is 4.79 Å². The fraction of sp³-hybridized carbons (Fsp3) is 0.200. The smallest absolute Gasteiger partial charge is 0.211 e. The highest BCUT2D eigenvalue weighted by atomic mass is 16.5. The lowest BCUT2D eigenvalue weighted by Crippen LogP contribution is -2.42. The number of ketones is 1. The van der Waals surface area contributed by atoms with Crippen LogP contribution in [0.1, 0.15) is 25.0 Å². The molecule has 25 heavy (non-hydrogen) atoms. The molecule has 1 heterocycles. The van der Waals surface area contributed by atoms with Crippen LogP contribution >= 0.6 is 0 Å². The molecule has 0 unspecified atom stereocenters. The number of rotatable bonds is 3. The maximum atomic E-state index is 13.0. The Balaban J connectivity index is 2.20. The van der Waals surface area contributed by atoms with Crippen molar-refractivity contribution in [3.8, 4) is 11.8 Å². The molecule has 0 atom stereocenters. The van der Waals surface area contributed by atoms with Crippen molar-refractivity contribution in [3.63, 3.8) is 0 Å². The number of nitriles is 1. The lowest BCUT2D eigenvalue weighted by Gasteiger charge is -2.33. The normalized spacial score (nSPS) is 17.0. The zero-order valence-corrected chi connectivity index (χ0v) is 14.3. The standard InChI is InChI=1S/C20H18N2O3/c1-20(2)18(23)17(15-11-13(12-21)9-10-16(15)25-20)19(24-3)22-14-7-5-4-6-8-14/h4-11,22H,1-3H3/b19-17+. The average Bonchev–Trinajstić information content (AvgIpc) is 2.62. The van der Waals surface area contributed by atoms with Gasteiger partial charge in [-0.1, -0.05) is 18.2 Å². The topological polar surface area (TPSA) is 71.3 Å². The predicted molar refractivity (Wildman–Crippen MR) is 94.9 cm³/mol. The van der Waals surface area contributed by atoms with Gasteiger partial charge in [-0.15, -0.1) is 0 Å². The summed E-state index contributed by atoms with van der Waals surface area (Å²) >= 11 is 0. The van der Waals surface area contributed by atoms with Gasteiger partial charge in [0.15, 0.2) is 5.60 Å². The lowest BCUT2D eigenvalue weighted by atomic mass is 9.87. The number of hydrogen-bond acceptors (Lipinski definition) is 5. The molecular weight excluding hydrogens is 316 g/mol. The van der Waals surface area contributed by atoms with Crippen molar-refractivity contribution in [2.45, 2.75) is 19.4 Å². The van der Waals surface area contributed by atoms with Crippen molar-refractivity contribution >= 4 is 17.0 Å². The molecular formula is C20H18N2O3. The summed E-state index contributed by atoms with van der Waals surface area (Å²) in [6.45, 7) is 3.43. The van der Waals surface area contributed by atoms with E-state index < -0.39 is 5.60 Å². The number of hydrogen-bond donors (Lipinski definition) is 1. The SMILES string of the molecule is CO/C(Nc1ccccc1)=C1/C(=O)C(C)(C)Oc2ccc(C#N)cc21. The number of nitrogens with zero attached hydrogens (tertiary/aromatic N) is 1. The minimum atomic E-state index is -1.03. The molecule has 126 valence electrons. The fourth-order valence-corrected chi connectivity index (χ4v) is 2.72. The van der Waals surface area contributed by atoms with Gasteiger partial charge in [0.05, 0.1) is 24.3 Å². The second-order valence-corrected chi connectivity index (χ2v) is 6.16. The van der Waals surface area contributed by atoms with Crippen LogP contribution in [0.5, 0.6) is 5.75 Å². The number of methoxy groups -OCH3 is 1. The first-order valence-electron chi connectivity index (χ1n) is 7.85. The summed E-state index contributed by atoms with van der Waals surface area (Å²) in [5.74, 6) is 0.655. The first-order chi connectivity index (χ1) is 12.0. The van der Waals surface area contributed by atoms with Crippen LogP contribution in [0.4, 0.5) is 5.69 Å². The van der Waals surface area contributed by atoms with Crippen LogP contribution in [0.15, 0.2) is 54.4 Å². The molecule has 0 saturated heterocycles. The van der Waals surface area contributed by atoms with Crippen LogP contribution in [-0.2, 0) is 9.53 Å². The fourth-order valence-electron chi connectivity index (χ4n) is 2.72. The van der Waals surface area contributed by atoms with E-state index in [1.807, 2.05) is 30.3 Å². The number of benzene rings is 2. The molecule has 2 aromatic rings. The van der Waals surface area contributed by atoms with Crippen LogP contribution in [0.2, 0.25) is 0 Å². The van der Waals surface area contributed by atoms with Gasteiger partial charge < -0.3 is 14.8 Å². The summed E-state index contributed by atoms with van der Waals surface area (Å²) in [6, 6.07) is 16.5. The van der Waals surface area contributed by atoms with Gasteiger partial charge in [0.2, 0.25) is 11.7 Å². The van der Waals surface area contributed by atoms with E-state index in [2.05, 4.69) is 11.4 Å². The maximum Gasteiger partial charge on any atom is 0.211 e. The van der Waals surface area contributed by atoms with E-state index in [0.717, 1.165) is 5.69 Å². The van der Waals surface area contributed by atoms with Crippen LogP contribution in [0, 0.1) is 11.3 Å². The van der Waals surface area contributed by atoms with Gasteiger partial charge in [0.1, 0.15) is 5.75 Å². The molecule has 2 aromatic carbocycles. The number of ether oxygens (including phenoxy) is 2. The maximum absolute atomic E-state index is 13.0. The summed E-state index contributed by atoms with van der Waals surface area (Å²) in [6.07, 6.45) is 0. The molecule has 0 aromatic heterocycles. The van der Waals surface area contributed by atoms with E-state index in [-0.39, 0.29) is 5.78 Å². The Kier molecular flexibility index (Phi) is 4.20. The van der Waals surface area contributed by atoms with E-state index in [4.69, 9.17) is 9.47 Å². The highest BCUT2D eigenvalue weighted by Crippen LogP contribution is 2.40. The van der Waals surface area contributed by atoms with Crippen molar-refractivity contribution in [2.24, 2.45) is 0 Å². The van der Waals surface area contributed by atoms with Crippen LogP contribution in [0.3, 0.4) is 0 Å². The summed E-state index contributed by atoms with van der Waals surface area (Å²) in [4.78, 5) is 13.0. The van der Waals surface area contributed by atoms with Crippen molar-refractivity contribution in [1.82, 2.24) is 0 Å². The number of Topliss-reactive ketones (excluding diaryl/α,β-unsaturated/α-hetero) is 1. The molecule has 0 bridgehead atoms. The summed E-state index contributed by atoms with van der Waals surface area (Å²) in [7, 11) is 1.50. The first kappa shape index (κ1) is 16.6. The van der Waals surface area contributed by atoms with Crippen molar-refractivity contribution in [1.29, 1.82) is 5.26 Å². The number of anilines is 1. The Morgan fingerprint density at radius 3 is 2.56 bits per heavy atom. The quantitative estimate of drug-likeness (QED) is 0.684. The number of fused-ring (bicyclic) bond motifs is 1. The number of carbonyl (C=O) groups excluding carboxylic acids is 1.